The van der Waals surface area contributed by atoms with Gasteiger partial charge in [-0.3, -0.25) is 9.59 Å². The maximum Gasteiger partial charge on any atom is 0.436 e. The van der Waals surface area contributed by atoms with E-state index in [1.807, 2.05) is 0 Å². The molecule has 0 saturated heterocycles. The fraction of sp³-hybridized carbons (Fsp3) is 0.400. The first-order chi connectivity index (χ1) is 18.8. The monoisotopic (exact) mass is 593 g/mol. The number of benzene rings is 1. The number of sulfonamides is 1. The van der Waals surface area contributed by atoms with Crippen molar-refractivity contribution in [3.63, 3.8) is 0 Å². The number of oxime groups is 1. The number of hydrogen-bond donors (Lipinski definition) is 3. The molecule has 0 fully saturated rings. The van der Waals surface area contributed by atoms with Crippen LogP contribution in [0.1, 0.15) is 44.7 Å². The Morgan fingerprint density at radius 1 is 1.23 bits per heavy atom. The molecule has 4 N–H and O–H groups in total. The molecule has 2 heterocycles. The van der Waals surface area contributed by atoms with Gasteiger partial charge < -0.3 is 25.4 Å². The zero-order chi connectivity index (χ0) is 29.5. The first kappa shape index (κ1) is 30.7. The number of amides is 2. The minimum Gasteiger partial charge on any atom is -0.468 e. The molecule has 1 unspecified atom stereocenters. The van der Waals surface area contributed by atoms with E-state index in [1.165, 1.54) is 6.07 Å². The number of thiophene rings is 1. The number of carbonyl (C=O) groups is 3. The molecule has 0 aliphatic carbocycles. The summed E-state index contributed by atoms with van der Waals surface area (Å²) in [6.45, 7) is 4.86. The van der Waals surface area contributed by atoms with Crippen LogP contribution in [-0.2, 0) is 33.9 Å². The lowest BCUT2D eigenvalue weighted by Crippen LogP contribution is -2.49. The smallest absolute Gasteiger partial charge is 0.436 e. The lowest BCUT2D eigenvalue weighted by Gasteiger charge is -2.17. The van der Waals surface area contributed by atoms with Crippen LogP contribution in [0.3, 0.4) is 0 Å². The van der Waals surface area contributed by atoms with Gasteiger partial charge in [-0.1, -0.05) is 35.5 Å². The Morgan fingerprint density at radius 3 is 2.52 bits per heavy atom. The maximum atomic E-state index is 12.5. The van der Waals surface area contributed by atoms with E-state index in [-0.39, 0.29) is 23.0 Å². The van der Waals surface area contributed by atoms with Crippen LogP contribution >= 0.6 is 11.3 Å². The molecule has 3 rings (SSSR count). The van der Waals surface area contributed by atoms with Crippen molar-refractivity contribution in [1.82, 2.24) is 10.0 Å². The molecule has 0 radical (unpaired) electrons. The SMILES string of the molecule is COC(=O)[C@H](CNC(=O)CC1CC(c2ccc(/C(N)=N\C(=O)OC(C)(C)C)cc2)=NO1)NS(=O)(=O)c1cccs1. The van der Waals surface area contributed by atoms with Crippen molar-refractivity contribution >= 4 is 50.9 Å². The average Bonchev–Trinajstić information content (AvgIpc) is 3.58. The number of amidine groups is 1. The molecule has 2 aromatic rings. The molecule has 2 amide bonds. The molecule has 40 heavy (non-hydrogen) atoms. The molecular weight excluding hydrogens is 562 g/mol. The summed E-state index contributed by atoms with van der Waals surface area (Å²) in [4.78, 5) is 45.6. The quantitative estimate of drug-likeness (QED) is 0.210. The molecule has 15 heteroatoms. The van der Waals surface area contributed by atoms with Gasteiger partial charge in [0.15, 0.2) is 0 Å². The van der Waals surface area contributed by atoms with E-state index in [4.69, 9.17) is 15.3 Å². The van der Waals surface area contributed by atoms with Crippen LogP contribution in [0.4, 0.5) is 4.79 Å². The van der Waals surface area contributed by atoms with Crippen molar-refractivity contribution < 1.29 is 37.1 Å². The van der Waals surface area contributed by atoms with E-state index in [0.717, 1.165) is 24.0 Å². The summed E-state index contributed by atoms with van der Waals surface area (Å²) < 4.78 is 37.1. The lowest BCUT2D eigenvalue weighted by molar-refractivity contribution is -0.142. The molecule has 0 bridgehead atoms. The Hall–Kier alpha value is -3.82. The Bertz CT molecular complexity index is 1380. The summed E-state index contributed by atoms with van der Waals surface area (Å²) in [6.07, 6.45) is -1.10. The maximum absolute atomic E-state index is 12.5. The summed E-state index contributed by atoms with van der Waals surface area (Å²) in [5, 5.41) is 8.18. The summed E-state index contributed by atoms with van der Waals surface area (Å²) in [5.74, 6) is -1.31. The molecule has 1 aromatic heterocycles. The van der Waals surface area contributed by atoms with Crippen molar-refractivity contribution in [1.29, 1.82) is 0 Å². The number of carbonyl (C=O) groups excluding carboxylic acids is 3. The molecular formula is C25H31N5O8S2. The zero-order valence-corrected chi connectivity index (χ0v) is 24.0. The van der Waals surface area contributed by atoms with Gasteiger partial charge in [0.25, 0.3) is 10.0 Å². The second-order valence-corrected chi connectivity index (χ2v) is 12.6. The Balaban J connectivity index is 1.52. The number of aliphatic imine (C=N–C) groups is 1. The van der Waals surface area contributed by atoms with Gasteiger partial charge in [0.05, 0.1) is 19.2 Å². The van der Waals surface area contributed by atoms with Crippen molar-refractivity contribution in [3.05, 3.63) is 52.9 Å². The Labute approximate surface area is 235 Å². The zero-order valence-electron chi connectivity index (χ0n) is 22.4. The highest BCUT2D eigenvalue weighted by Gasteiger charge is 2.29. The largest absolute Gasteiger partial charge is 0.468 e. The number of hydrogen-bond acceptors (Lipinski definition) is 10. The van der Waals surface area contributed by atoms with Crippen LogP contribution in [0, 0.1) is 0 Å². The number of nitrogens with one attached hydrogen (secondary N) is 2. The van der Waals surface area contributed by atoms with E-state index in [0.29, 0.717) is 17.7 Å². The van der Waals surface area contributed by atoms with Crippen LogP contribution in [-0.4, -0.2) is 69.3 Å². The normalized spacial score (nSPS) is 16.4. The third kappa shape index (κ3) is 8.86. The standard InChI is InChI=1S/C25H31N5O8S2/c1-25(2,3)37-24(33)28-22(26)16-9-7-15(8-10-16)18-12-17(38-29-18)13-20(31)27-14-19(23(32)36-4)30-40(34,35)21-6-5-11-39-21/h5-11,17,19,30H,12-14H2,1-4H3,(H,27,31)(H2,26,28,33)/t17?,19-/m0/s1. The first-order valence-electron chi connectivity index (χ1n) is 12.1. The number of methoxy groups -OCH3 is 1. The fourth-order valence-electron chi connectivity index (χ4n) is 3.46. The predicted molar refractivity (Wildman–Crippen MR) is 147 cm³/mol. The van der Waals surface area contributed by atoms with Crippen LogP contribution in [0.5, 0.6) is 0 Å². The van der Waals surface area contributed by atoms with Gasteiger partial charge in [-0.2, -0.15) is 9.71 Å². The van der Waals surface area contributed by atoms with E-state index in [9.17, 15) is 22.8 Å². The molecule has 0 saturated carbocycles. The number of nitrogens with two attached hydrogens (primary N) is 1. The molecule has 2 atom stereocenters. The first-order valence-corrected chi connectivity index (χ1v) is 14.4. The van der Waals surface area contributed by atoms with E-state index in [1.54, 1.807) is 56.5 Å². The van der Waals surface area contributed by atoms with Crippen LogP contribution in [0.15, 0.2) is 56.1 Å². The summed E-state index contributed by atoms with van der Waals surface area (Å²) in [7, 11) is -2.84. The summed E-state index contributed by atoms with van der Waals surface area (Å²) >= 11 is 0.991. The second kappa shape index (κ2) is 13.0. The van der Waals surface area contributed by atoms with Crippen LogP contribution < -0.4 is 15.8 Å². The van der Waals surface area contributed by atoms with E-state index >= 15 is 0 Å². The lowest BCUT2D eigenvalue weighted by atomic mass is 10.0. The van der Waals surface area contributed by atoms with Gasteiger partial charge in [0, 0.05) is 18.5 Å². The highest BCUT2D eigenvalue weighted by atomic mass is 32.2. The Morgan fingerprint density at radius 2 is 1.93 bits per heavy atom. The van der Waals surface area contributed by atoms with Crippen molar-refractivity contribution in [2.45, 2.75) is 55.6 Å². The topological polar surface area (TPSA) is 188 Å². The van der Waals surface area contributed by atoms with Gasteiger partial charge in [-0.05, 0) is 37.8 Å². The van der Waals surface area contributed by atoms with Gasteiger partial charge >= 0.3 is 12.1 Å². The highest BCUT2D eigenvalue weighted by molar-refractivity contribution is 7.91. The van der Waals surface area contributed by atoms with Crippen LogP contribution in [0.25, 0.3) is 0 Å². The predicted octanol–water partition coefficient (Wildman–Crippen LogP) is 1.91. The average molecular weight is 594 g/mol. The number of nitrogens with zero attached hydrogens (tertiary/aromatic N) is 2. The molecule has 1 aliphatic heterocycles. The van der Waals surface area contributed by atoms with Gasteiger partial charge in [0.1, 0.15) is 27.8 Å². The summed E-state index contributed by atoms with van der Waals surface area (Å²) in [5.41, 5.74) is 7.06. The minimum absolute atomic E-state index is 0.00268. The number of ether oxygens (including phenoxy) is 2. The highest BCUT2D eigenvalue weighted by Crippen LogP contribution is 2.20. The van der Waals surface area contributed by atoms with Crippen LogP contribution in [0.2, 0.25) is 0 Å². The summed E-state index contributed by atoms with van der Waals surface area (Å²) in [6, 6.07) is 8.46. The molecule has 1 aliphatic rings. The number of esters is 1. The van der Waals surface area contributed by atoms with Crippen molar-refractivity contribution in [2.24, 2.45) is 15.9 Å². The van der Waals surface area contributed by atoms with Gasteiger partial charge in [-0.25, -0.2) is 13.2 Å². The number of rotatable bonds is 10. The second-order valence-electron chi connectivity index (χ2n) is 9.66. The van der Waals surface area contributed by atoms with E-state index in [2.05, 4.69) is 24.9 Å². The molecule has 0 spiro atoms. The Kier molecular flexibility index (Phi) is 10.0. The molecule has 13 nitrogen and oxygen atoms in total. The van der Waals surface area contributed by atoms with Gasteiger partial charge in [-0.15, -0.1) is 11.3 Å². The van der Waals surface area contributed by atoms with Gasteiger partial charge in [0.2, 0.25) is 5.91 Å². The minimum atomic E-state index is -3.97. The van der Waals surface area contributed by atoms with E-state index < -0.39 is 45.7 Å². The van der Waals surface area contributed by atoms with Crippen molar-refractivity contribution in [2.75, 3.05) is 13.7 Å². The fourth-order valence-corrected chi connectivity index (χ4v) is 5.66. The third-order valence-electron chi connectivity index (χ3n) is 5.31. The molecule has 216 valence electrons. The third-order valence-corrected chi connectivity index (χ3v) is 8.18. The molecule has 1 aromatic carbocycles. The van der Waals surface area contributed by atoms with Crippen molar-refractivity contribution in [3.8, 4) is 0 Å².